The number of carbonyl (C=O) groups is 3. The number of hydrogen-bond acceptors (Lipinski definition) is 6. The molecular formula is C25H35N5O4. The summed E-state index contributed by atoms with van der Waals surface area (Å²) in [6.45, 7) is 9.37. The van der Waals surface area contributed by atoms with Gasteiger partial charge in [0.2, 0.25) is 0 Å². The van der Waals surface area contributed by atoms with Gasteiger partial charge in [0, 0.05) is 44.2 Å². The first kappa shape index (κ1) is 26.7. The number of nitrogens with one attached hydrogen (secondary N) is 3. The number of likely N-dealkylation sites (N-methyl/N-ethyl adjacent to an activating group) is 1. The van der Waals surface area contributed by atoms with Crippen LogP contribution in [-0.2, 0) is 4.74 Å². The summed E-state index contributed by atoms with van der Waals surface area (Å²) in [5.74, 6) is -0.614. The van der Waals surface area contributed by atoms with Crippen LogP contribution in [0.2, 0.25) is 0 Å². The minimum Gasteiger partial charge on any atom is -0.462 e. The van der Waals surface area contributed by atoms with Gasteiger partial charge in [-0.15, -0.1) is 0 Å². The number of ether oxygens (including phenoxy) is 1. The third kappa shape index (κ3) is 7.77. The van der Waals surface area contributed by atoms with E-state index in [1.165, 1.54) is 0 Å². The molecule has 0 saturated heterocycles. The number of amides is 3. The molecule has 0 aliphatic heterocycles. The molecule has 34 heavy (non-hydrogen) atoms. The van der Waals surface area contributed by atoms with Crippen molar-refractivity contribution in [1.29, 1.82) is 0 Å². The lowest BCUT2D eigenvalue weighted by Crippen LogP contribution is -2.35. The highest BCUT2D eigenvalue weighted by Crippen LogP contribution is 2.23. The molecule has 9 nitrogen and oxygen atoms in total. The molecule has 0 saturated carbocycles. The Balaban J connectivity index is 2.05. The number of benzene rings is 2. The topological polar surface area (TPSA) is 103 Å². The van der Waals surface area contributed by atoms with Gasteiger partial charge in [-0.05, 0) is 62.5 Å². The third-order valence-corrected chi connectivity index (χ3v) is 5.24. The van der Waals surface area contributed by atoms with Crippen LogP contribution in [0.1, 0.15) is 41.5 Å². The molecule has 2 aromatic carbocycles. The molecule has 2 aromatic rings. The minimum absolute atomic E-state index is 0.200. The quantitative estimate of drug-likeness (QED) is 0.434. The molecule has 0 heterocycles. The highest BCUT2D eigenvalue weighted by molar-refractivity contribution is 6.04. The highest BCUT2D eigenvalue weighted by Gasteiger charge is 2.15. The Bertz CT molecular complexity index is 972. The van der Waals surface area contributed by atoms with Crippen LogP contribution in [0.15, 0.2) is 42.5 Å². The fraction of sp³-hybridized carbons (Fsp3) is 0.400. The lowest BCUT2D eigenvalue weighted by molar-refractivity contribution is 0.0526. The fourth-order valence-electron chi connectivity index (χ4n) is 3.35. The lowest BCUT2D eigenvalue weighted by Gasteiger charge is -2.20. The van der Waals surface area contributed by atoms with E-state index < -0.39 is 12.0 Å². The predicted octanol–water partition coefficient (Wildman–Crippen LogP) is 3.64. The first-order chi connectivity index (χ1) is 16.3. The molecule has 0 aromatic heterocycles. The molecule has 0 aliphatic carbocycles. The van der Waals surface area contributed by atoms with Crippen molar-refractivity contribution in [1.82, 2.24) is 10.2 Å². The van der Waals surface area contributed by atoms with Crippen LogP contribution in [0, 0.1) is 0 Å². The summed E-state index contributed by atoms with van der Waals surface area (Å²) in [6, 6.07) is 11.1. The van der Waals surface area contributed by atoms with Crippen LogP contribution < -0.4 is 20.9 Å². The van der Waals surface area contributed by atoms with E-state index in [1.54, 1.807) is 49.4 Å². The number of hydrogen-bond donors (Lipinski definition) is 3. The summed E-state index contributed by atoms with van der Waals surface area (Å²) in [5, 5.41) is 8.43. The van der Waals surface area contributed by atoms with Crippen LogP contribution in [-0.4, -0.2) is 69.7 Å². The van der Waals surface area contributed by atoms with Crippen LogP contribution >= 0.6 is 0 Å². The second kappa shape index (κ2) is 13.2. The second-order valence-electron chi connectivity index (χ2n) is 7.79. The maximum atomic E-state index is 12.9. The average Bonchev–Trinajstić information content (AvgIpc) is 2.82. The largest absolute Gasteiger partial charge is 0.462 e. The van der Waals surface area contributed by atoms with Crippen molar-refractivity contribution in [3.63, 3.8) is 0 Å². The van der Waals surface area contributed by atoms with Crippen LogP contribution in [0.3, 0.4) is 0 Å². The predicted molar refractivity (Wildman–Crippen MR) is 136 cm³/mol. The molecular weight excluding hydrogens is 434 g/mol. The average molecular weight is 470 g/mol. The number of esters is 1. The van der Waals surface area contributed by atoms with Gasteiger partial charge in [0.1, 0.15) is 0 Å². The lowest BCUT2D eigenvalue weighted by atomic mass is 10.1. The molecule has 3 N–H and O–H groups in total. The third-order valence-electron chi connectivity index (χ3n) is 5.24. The number of anilines is 3. The Hall–Kier alpha value is -3.59. The van der Waals surface area contributed by atoms with E-state index in [-0.39, 0.29) is 5.91 Å². The minimum atomic E-state index is -0.464. The van der Waals surface area contributed by atoms with Crippen molar-refractivity contribution in [2.75, 3.05) is 62.4 Å². The number of urea groups is 1. The first-order valence-electron chi connectivity index (χ1n) is 11.5. The zero-order valence-electron chi connectivity index (χ0n) is 20.6. The number of carbonyl (C=O) groups excluding carboxylic acids is 3. The normalized spacial score (nSPS) is 10.5. The van der Waals surface area contributed by atoms with Crippen LogP contribution in [0.5, 0.6) is 0 Å². The molecule has 0 atom stereocenters. The summed E-state index contributed by atoms with van der Waals surface area (Å²) in [5.41, 5.74) is 2.63. The molecule has 184 valence electrons. The van der Waals surface area contributed by atoms with Gasteiger partial charge >= 0.3 is 12.0 Å². The van der Waals surface area contributed by atoms with Crippen molar-refractivity contribution < 1.29 is 19.1 Å². The molecule has 0 fully saturated rings. The fourth-order valence-corrected chi connectivity index (χ4v) is 3.35. The van der Waals surface area contributed by atoms with Crippen molar-refractivity contribution in [3.05, 3.63) is 53.6 Å². The SMILES string of the molecule is CCOC(=O)c1ccc(NC(=O)Nc2ccc(N(C)C)c(C(=O)NCCN(CC)CC)c2)cc1. The van der Waals surface area contributed by atoms with Crippen molar-refractivity contribution in [2.45, 2.75) is 20.8 Å². The summed E-state index contributed by atoms with van der Waals surface area (Å²) in [7, 11) is 3.73. The summed E-state index contributed by atoms with van der Waals surface area (Å²) in [6.07, 6.45) is 0. The van der Waals surface area contributed by atoms with E-state index in [2.05, 4.69) is 34.7 Å². The molecule has 0 spiro atoms. The standard InChI is InChI=1S/C25H35N5O4/c1-6-30(7-2)16-15-26-23(31)21-17-20(13-14-22(21)29(4)5)28-25(33)27-19-11-9-18(10-12-19)24(32)34-8-3/h9-14,17H,6-8,15-16H2,1-5H3,(H,26,31)(H2,27,28,33). The van der Waals surface area contributed by atoms with Crippen LogP contribution in [0.25, 0.3) is 0 Å². The molecule has 3 amide bonds. The van der Waals surface area contributed by atoms with Gasteiger partial charge in [-0.3, -0.25) is 4.79 Å². The maximum Gasteiger partial charge on any atom is 0.338 e. The summed E-state index contributed by atoms with van der Waals surface area (Å²) < 4.78 is 4.96. The zero-order chi connectivity index (χ0) is 25.1. The second-order valence-corrected chi connectivity index (χ2v) is 7.79. The van der Waals surface area contributed by atoms with Gasteiger partial charge in [-0.25, -0.2) is 9.59 Å². The molecule has 2 rings (SSSR count). The Morgan fingerprint density at radius 2 is 1.50 bits per heavy atom. The Kier molecular flexibility index (Phi) is 10.3. The Morgan fingerprint density at radius 3 is 2.09 bits per heavy atom. The van der Waals surface area contributed by atoms with Crippen molar-refractivity contribution in [3.8, 4) is 0 Å². The van der Waals surface area contributed by atoms with E-state index >= 15 is 0 Å². The van der Waals surface area contributed by atoms with Crippen LogP contribution in [0.4, 0.5) is 21.9 Å². The molecule has 9 heteroatoms. The van der Waals surface area contributed by atoms with E-state index in [0.29, 0.717) is 35.7 Å². The van der Waals surface area contributed by atoms with E-state index in [0.717, 1.165) is 25.3 Å². The molecule has 0 bridgehead atoms. The van der Waals surface area contributed by atoms with E-state index in [1.807, 2.05) is 19.0 Å². The van der Waals surface area contributed by atoms with Gasteiger partial charge < -0.3 is 30.5 Å². The summed E-state index contributed by atoms with van der Waals surface area (Å²) in [4.78, 5) is 41.2. The molecule has 0 unspecified atom stereocenters. The van der Waals surface area contributed by atoms with E-state index in [4.69, 9.17) is 4.74 Å². The van der Waals surface area contributed by atoms with Gasteiger partial charge in [0.05, 0.1) is 17.7 Å². The maximum absolute atomic E-state index is 12.9. The van der Waals surface area contributed by atoms with Gasteiger partial charge in [0.25, 0.3) is 5.91 Å². The Morgan fingerprint density at radius 1 is 0.882 bits per heavy atom. The zero-order valence-corrected chi connectivity index (χ0v) is 20.6. The number of nitrogens with zero attached hydrogens (tertiary/aromatic N) is 2. The molecule has 0 aliphatic rings. The van der Waals surface area contributed by atoms with Crippen molar-refractivity contribution in [2.24, 2.45) is 0 Å². The first-order valence-corrected chi connectivity index (χ1v) is 11.5. The molecule has 0 radical (unpaired) electrons. The van der Waals surface area contributed by atoms with Gasteiger partial charge in [-0.1, -0.05) is 13.8 Å². The van der Waals surface area contributed by atoms with Gasteiger partial charge in [-0.2, -0.15) is 0 Å². The summed E-state index contributed by atoms with van der Waals surface area (Å²) >= 11 is 0. The number of rotatable bonds is 11. The Labute approximate surface area is 201 Å². The smallest absolute Gasteiger partial charge is 0.338 e. The van der Waals surface area contributed by atoms with E-state index in [9.17, 15) is 14.4 Å². The van der Waals surface area contributed by atoms with Gasteiger partial charge in [0.15, 0.2) is 0 Å². The highest BCUT2D eigenvalue weighted by atomic mass is 16.5. The van der Waals surface area contributed by atoms with Crippen molar-refractivity contribution >= 4 is 35.0 Å². The monoisotopic (exact) mass is 469 g/mol.